The second-order valence-electron chi connectivity index (χ2n) is 11.5. The third-order valence-electron chi connectivity index (χ3n) is 8.22. The van der Waals surface area contributed by atoms with E-state index in [1.54, 1.807) is 25.4 Å². The number of hydrogen-bond acceptors (Lipinski definition) is 8. The maximum atomic E-state index is 13.2. The van der Waals surface area contributed by atoms with E-state index < -0.39 is 35.4 Å². The van der Waals surface area contributed by atoms with Gasteiger partial charge in [-0.2, -0.15) is 0 Å². The average molecular weight is 645 g/mol. The van der Waals surface area contributed by atoms with E-state index in [9.17, 15) is 29.1 Å². The molecule has 47 heavy (non-hydrogen) atoms. The molecule has 1 saturated heterocycles. The third-order valence-corrected chi connectivity index (χ3v) is 8.22. The van der Waals surface area contributed by atoms with Crippen LogP contribution in [0.5, 0.6) is 5.88 Å². The number of pyridine rings is 1. The first-order chi connectivity index (χ1) is 22.6. The third kappa shape index (κ3) is 8.86. The van der Waals surface area contributed by atoms with Crippen LogP contribution in [0.3, 0.4) is 0 Å². The first-order valence-corrected chi connectivity index (χ1v) is 15.4. The van der Waals surface area contributed by atoms with Crippen LogP contribution in [0, 0.1) is 5.92 Å². The summed E-state index contributed by atoms with van der Waals surface area (Å²) in [6, 6.07) is 6.70. The minimum absolute atomic E-state index is 0.0232. The number of primary amides is 1. The quantitative estimate of drug-likeness (QED) is 0.137. The molecule has 1 aliphatic heterocycles. The molecule has 0 radical (unpaired) electrons. The summed E-state index contributed by atoms with van der Waals surface area (Å²) >= 11 is 0. The molecule has 1 aromatic heterocycles. The lowest BCUT2D eigenvalue weighted by Gasteiger charge is -2.26. The molecule has 2 aliphatic rings. The minimum atomic E-state index is -1.27. The van der Waals surface area contributed by atoms with E-state index in [2.05, 4.69) is 27.9 Å². The number of likely N-dealkylation sites (tertiary alicyclic amines) is 1. The van der Waals surface area contributed by atoms with Gasteiger partial charge in [0.2, 0.25) is 29.5 Å². The Morgan fingerprint density at radius 1 is 1.28 bits per heavy atom. The maximum absolute atomic E-state index is 13.2. The second kappa shape index (κ2) is 15.7. The fourth-order valence-corrected chi connectivity index (χ4v) is 5.40. The Hall–Kier alpha value is -5.42. The number of carbonyl (C=O) groups excluding carboxylic acids is 5. The fourth-order valence-electron chi connectivity index (χ4n) is 5.40. The van der Waals surface area contributed by atoms with Crippen molar-refractivity contribution in [3.63, 3.8) is 0 Å². The smallest absolute Gasteiger partial charge is 0.407 e. The molecule has 5 amide bonds. The Morgan fingerprint density at radius 3 is 2.85 bits per heavy atom. The van der Waals surface area contributed by atoms with Gasteiger partial charge in [-0.15, -0.1) is 5.73 Å². The molecule has 0 unspecified atom stereocenters. The van der Waals surface area contributed by atoms with Gasteiger partial charge in [0.05, 0.1) is 6.61 Å². The van der Waals surface area contributed by atoms with E-state index in [-0.39, 0.29) is 30.9 Å². The Morgan fingerprint density at radius 2 is 2.09 bits per heavy atom. The molecule has 248 valence electrons. The Kier molecular flexibility index (Phi) is 11.5. The summed E-state index contributed by atoms with van der Waals surface area (Å²) < 4.78 is 5.18. The van der Waals surface area contributed by atoms with Crippen molar-refractivity contribution in [3.8, 4) is 5.88 Å². The Labute approximate surface area is 272 Å². The largest absolute Gasteiger partial charge is 0.493 e. The second-order valence-corrected chi connectivity index (χ2v) is 11.5. The molecule has 4 rings (SSSR count). The van der Waals surface area contributed by atoms with Gasteiger partial charge in [0.1, 0.15) is 18.1 Å². The number of nitrogens with zero attached hydrogens (tertiary/aromatic N) is 3. The van der Waals surface area contributed by atoms with E-state index >= 15 is 0 Å². The van der Waals surface area contributed by atoms with E-state index in [4.69, 9.17) is 10.5 Å². The first kappa shape index (κ1) is 34.5. The molecule has 2 fully saturated rings. The number of fused-ring (bicyclic) bond motifs is 1. The number of nitrogens with one attached hydrogen (secondary N) is 2. The molecule has 13 nitrogen and oxygen atoms in total. The SMILES string of the molecule is C=CC(=O)N(C)CC=C=C[C@@H]1C[C@]1(NC(=O)[C@@H]1CCCN1C(=O)CNC(=O)OCCC/C=C/c1ccc2ccnc(O)c2c1)C(N)=O. The van der Waals surface area contributed by atoms with Crippen molar-refractivity contribution in [3.05, 3.63) is 72.6 Å². The molecular formula is C34H40N6O7. The molecule has 1 saturated carbocycles. The number of aromatic hydroxyl groups is 1. The predicted octanol–water partition coefficient (Wildman–Crippen LogP) is 2.17. The summed E-state index contributed by atoms with van der Waals surface area (Å²) in [5, 5.41) is 16.7. The molecule has 13 heteroatoms. The molecule has 3 atom stereocenters. The van der Waals surface area contributed by atoms with Crippen LogP contribution in [-0.4, -0.2) is 94.5 Å². The topological polar surface area (TPSA) is 184 Å². The monoisotopic (exact) mass is 644 g/mol. The van der Waals surface area contributed by atoms with E-state index in [0.29, 0.717) is 50.6 Å². The van der Waals surface area contributed by atoms with Gasteiger partial charge in [-0.05, 0) is 73.4 Å². The van der Waals surface area contributed by atoms with E-state index in [1.807, 2.05) is 36.4 Å². The van der Waals surface area contributed by atoms with Crippen LogP contribution in [0.15, 0.2) is 67.1 Å². The Bertz CT molecular complexity index is 1630. The summed E-state index contributed by atoms with van der Waals surface area (Å²) in [7, 11) is 1.61. The fraction of sp³-hybridized carbons (Fsp3) is 0.382. The number of benzene rings is 1. The van der Waals surface area contributed by atoms with Crippen molar-refractivity contribution < 1.29 is 33.8 Å². The van der Waals surface area contributed by atoms with Gasteiger partial charge < -0.3 is 36.0 Å². The lowest BCUT2D eigenvalue weighted by Crippen LogP contribution is -2.55. The molecular weight excluding hydrogens is 604 g/mol. The van der Waals surface area contributed by atoms with Crippen LogP contribution < -0.4 is 16.4 Å². The summed E-state index contributed by atoms with van der Waals surface area (Å²) in [6.45, 7) is 3.86. The molecule has 0 spiro atoms. The zero-order valence-corrected chi connectivity index (χ0v) is 26.3. The number of rotatable bonds is 14. The molecule has 1 aliphatic carbocycles. The molecule has 2 aromatic rings. The van der Waals surface area contributed by atoms with Gasteiger partial charge in [-0.25, -0.2) is 9.78 Å². The van der Waals surface area contributed by atoms with Crippen molar-refractivity contribution in [2.75, 3.05) is 33.3 Å². The first-order valence-electron chi connectivity index (χ1n) is 15.4. The lowest BCUT2D eigenvalue weighted by molar-refractivity contribution is -0.139. The van der Waals surface area contributed by atoms with E-state index in [0.717, 1.165) is 10.9 Å². The highest BCUT2D eigenvalue weighted by atomic mass is 16.5. The van der Waals surface area contributed by atoms with Crippen molar-refractivity contribution in [2.45, 2.75) is 43.7 Å². The van der Waals surface area contributed by atoms with Crippen LogP contribution in [0.1, 0.15) is 37.7 Å². The van der Waals surface area contributed by atoms with Crippen molar-refractivity contribution in [1.82, 2.24) is 25.4 Å². The Balaban J connectivity index is 1.18. The number of nitrogens with two attached hydrogens (primary N) is 1. The molecule has 0 bridgehead atoms. The summed E-state index contributed by atoms with van der Waals surface area (Å²) in [5.41, 5.74) is 8.21. The number of carbonyl (C=O) groups is 5. The number of aromatic nitrogens is 1. The van der Waals surface area contributed by atoms with Gasteiger partial charge in [-0.1, -0.05) is 30.9 Å². The van der Waals surface area contributed by atoms with Gasteiger partial charge in [-0.3, -0.25) is 19.2 Å². The number of allylic oxidation sites excluding steroid dienone is 1. The number of hydrogen-bond donors (Lipinski definition) is 4. The highest BCUT2D eigenvalue weighted by Gasteiger charge is 2.59. The summed E-state index contributed by atoms with van der Waals surface area (Å²) in [5.74, 6) is -2.25. The van der Waals surface area contributed by atoms with Crippen LogP contribution in [-0.2, 0) is 23.9 Å². The lowest BCUT2D eigenvalue weighted by atomic mass is 10.1. The predicted molar refractivity (Wildman–Crippen MR) is 174 cm³/mol. The van der Waals surface area contributed by atoms with Crippen LogP contribution in [0.4, 0.5) is 4.79 Å². The number of amides is 5. The molecule has 5 N–H and O–H groups in total. The average Bonchev–Trinajstić information content (AvgIpc) is 3.52. The van der Waals surface area contributed by atoms with Gasteiger partial charge in [0, 0.05) is 37.6 Å². The normalized spacial score (nSPS) is 19.8. The van der Waals surface area contributed by atoms with Gasteiger partial charge in [0.25, 0.3) is 0 Å². The molecule has 1 aromatic carbocycles. The van der Waals surface area contributed by atoms with Crippen LogP contribution in [0.2, 0.25) is 0 Å². The maximum Gasteiger partial charge on any atom is 0.407 e. The summed E-state index contributed by atoms with van der Waals surface area (Å²) in [4.78, 5) is 68.8. The zero-order chi connectivity index (χ0) is 34.0. The summed E-state index contributed by atoms with van der Waals surface area (Å²) in [6.07, 6.45) is 11.6. The zero-order valence-electron chi connectivity index (χ0n) is 26.3. The van der Waals surface area contributed by atoms with Crippen molar-refractivity contribution in [1.29, 1.82) is 0 Å². The van der Waals surface area contributed by atoms with Crippen molar-refractivity contribution in [2.24, 2.45) is 11.7 Å². The standard InChI is InChI=1S/C34H40N6O7/c1-3-28(41)39(2)17-7-6-11-25-21-34(25,32(35)45)38-31(44)27-12-9-18-40(27)29(42)22-37-33(46)47-19-8-4-5-10-23-13-14-24-15-16-36-30(43)26(24)20-23/h3,5,7,10-11,13-16,20,25,27H,1,4,8-9,12,17-19,21-22H2,2H3,(H2,35,45)(H,36,43)(H,37,46)(H,38,44)/b10-5+/t6?,25-,27+,34-/m1/s1. The van der Waals surface area contributed by atoms with E-state index in [1.165, 1.54) is 15.9 Å². The number of likely N-dealkylation sites (N-methyl/N-ethyl adjacent to an activating group) is 1. The van der Waals surface area contributed by atoms with Gasteiger partial charge in [0.15, 0.2) is 0 Å². The number of alkyl carbamates (subject to hydrolysis) is 1. The highest BCUT2D eigenvalue weighted by molar-refractivity contribution is 5.97. The van der Waals surface area contributed by atoms with Gasteiger partial charge >= 0.3 is 6.09 Å². The number of unbranched alkanes of at least 4 members (excludes halogenated alkanes) is 1. The van der Waals surface area contributed by atoms with Crippen LogP contribution in [0.25, 0.3) is 16.8 Å². The van der Waals surface area contributed by atoms with Crippen LogP contribution >= 0.6 is 0 Å². The number of ether oxygens (including phenoxy) is 1. The minimum Gasteiger partial charge on any atom is -0.493 e. The molecule has 2 heterocycles. The highest BCUT2D eigenvalue weighted by Crippen LogP contribution is 2.44. The van der Waals surface area contributed by atoms with Crippen molar-refractivity contribution >= 4 is 46.6 Å².